The number of amides is 2. The Hall–Kier alpha value is -3.02. The average molecular weight is 356 g/mol. The van der Waals surface area contributed by atoms with Crippen molar-refractivity contribution in [2.75, 3.05) is 19.7 Å². The molecule has 2 rings (SSSR count). The van der Waals surface area contributed by atoms with Crippen LogP contribution in [-0.4, -0.2) is 31.5 Å². The molecule has 0 aliphatic heterocycles. The first-order valence-electron chi connectivity index (χ1n) is 8.55. The molecule has 26 heavy (non-hydrogen) atoms. The Balaban J connectivity index is 1.67. The van der Waals surface area contributed by atoms with Crippen LogP contribution < -0.4 is 20.1 Å². The van der Waals surface area contributed by atoms with Crippen LogP contribution >= 0.6 is 0 Å². The third-order valence-corrected chi connectivity index (χ3v) is 3.44. The smallest absolute Gasteiger partial charge is 0.258 e. The van der Waals surface area contributed by atoms with Crippen molar-refractivity contribution in [3.05, 3.63) is 54.6 Å². The van der Waals surface area contributed by atoms with Gasteiger partial charge in [0.2, 0.25) is 5.91 Å². The number of rotatable bonds is 9. The molecule has 0 aliphatic carbocycles. The van der Waals surface area contributed by atoms with E-state index in [0.717, 1.165) is 5.75 Å². The fourth-order valence-electron chi connectivity index (χ4n) is 2.02. The largest absolute Gasteiger partial charge is 0.484 e. The maximum atomic E-state index is 11.7. The van der Waals surface area contributed by atoms with Gasteiger partial charge >= 0.3 is 0 Å². The number of benzene rings is 2. The van der Waals surface area contributed by atoms with E-state index in [1.807, 2.05) is 44.2 Å². The highest BCUT2D eigenvalue weighted by Crippen LogP contribution is 2.23. The number of carbonyl (C=O) groups is 2. The van der Waals surface area contributed by atoms with Crippen molar-refractivity contribution in [3.8, 4) is 17.2 Å². The van der Waals surface area contributed by atoms with E-state index >= 15 is 0 Å². The molecule has 0 unspecified atom stereocenters. The van der Waals surface area contributed by atoms with E-state index in [0.29, 0.717) is 24.6 Å². The second-order valence-corrected chi connectivity index (χ2v) is 5.97. The predicted molar refractivity (Wildman–Crippen MR) is 99.3 cm³/mol. The lowest BCUT2D eigenvalue weighted by atomic mass is 10.2. The van der Waals surface area contributed by atoms with Gasteiger partial charge in [-0.05, 0) is 36.4 Å². The van der Waals surface area contributed by atoms with Gasteiger partial charge in [-0.15, -0.1) is 0 Å². The second kappa shape index (κ2) is 10.1. The van der Waals surface area contributed by atoms with E-state index in [-0.39, 0.29) is 24.3 Å². The fourth-order valence-corrected chi connectivity index (χ4v) is 2.02. The Morgan fingerprint density at radius 1 is 0.846 bits per heavy atom. The molecule has 0 saturated heterocycles. The SMILES string of the molecule is CC(C)C(=O)NCCNC(=O)COc1ccc(Oc2ccccc2)cc1. The Morgan fingerprint density at radius 2 is 1.42 bits per heavy atom. The molecule has 0 fully saturated rings. The molecular weight excluding hydrogens is 332 g/mol. The zero-order chi connectivity index (χ0) is 18.8. The molecule has 2 N–H and O–H groups in total. The van der Waals surface area contributed by atoms with Crippen LogP contribution in [0.15, 0.2) is 54.6 Å². The standard InChI is InChI=1S/C20H24N2O4/c1-15(2)20(24)22-13-12-21-19(23)14-25-16-8-10-18(11-9-16)26-17-6-4-3-5-7-17/h3-11,15H,12-14H2,1-2H3,(H,21,23)(H,22,24). The lowest BCUT2D eigenvalue weighted by Crippen LogP contribution is -2.38. The summed E-state index contributed by atoms with van der Waals surface area (Å²) in [5.74, 6) is 1.68. The molecule has 0 saturated carbocycles. The molecular formula is C20H24N2O4. The first kappa shape index (κ1) is 19.3. The molecule has 2 amide bonds. The first-order valence-corrected chi connectivity index (χ1v) is 8.55. The molecule has 0 aromatic heterocycles. The van der Waals surface area contributed by atoms with Crippen molar-refractivity contribution in [3.63, 3.8) is 0 Å². The van der Waals surface area contributed by atoms with Crippen molar-refractivity contribution < 1.29 is 19.1 Å². The number of nitrogens with one attached hydrogen (secondary N) is 2. The normalized spacial score (nSPS) is 10.3. The summed E-state index contributed by atoms with van der Waals surface area (Å²) in [6.07, 6.45) is 0. The molecule has 6 heteroatoms. The number of para-hydroxylation sites is 1. The highest BCUT2D eigenvalue weighted by atomic mass is 16.5. The highest BCUT2D eigenvalue weighted by molar-refractivity contribution is 5.78. The van der Waals surface area contributed by atoms with Crippen LogP contribution in [0.3, 0.4) is 0 Å². The zero-order valence-corrected chi connectivity index (χ0v) is 15.0. The summed E-state index contributed by atoms with van der Waals surface area (Å²) in [6, 6.07) is 16.5. The molecule has 2 aromatic rings. The third-order valence-electron chi connectivity index (χ3n) is 3.44. The summed E-state index contributed by atoms with van der Waals surface area (Å²) in [7, 11) is 0. The van der Waals surface area contributed by atoms with Gasteiger partial charge in [0.25, 0.3) is 5.91 Å². The maximum Gasteiger partial charge on any atom is 0.258 e. The van der Waals surface area contributed by atoms with Gasteiger partial charge in [0.15, 0.2) is 6.61 Å². The second-order valence-electron chi connectivity index (χ2n) is 5.97. The topological polar surface area (TPSA) is 76.7 Å². The summed E-state index contributed by atoms with van der Waals surface area (Å²) < 4.78 is 11.1. The summed E-state index contributed by atoms with van der Waals surface area (Å²) in [4.78, 5) is 23.1. The van der Waals surface area contributed by atoms with Crippen LogP contribution in [0.5, 0.6) is 17.2 Å². The van der Waals surface area contributed by atoms with Gasteiger partial charge in [-0.1, -0.05) is 32.0 Å². The molecule has 0 spiro atoms. The monoisotopic (exact) mass is 356 g/mol. The van der Waals surface area contributed by atoms with Crippen molar-refractivity contribution in [2.45, 2.75) is 13.8 Å². The van der Waals surface area contributed by atoms with Gasteiger partial charge in [0.1, 0.15) is 17.2 Å². The minimum Gasteiger partial charge on any atom is -0.484 e. The number of ether oxygens (including phenoxy) is 2. The summed E-state index contributed by atoms with van der Waals surface area (Å²) >= 11 is 0. The number of carbonyl (C=O) groups excluding carboxylic acids is 2. The quantitative estimate of drug-likeness (QED) is 0.678. The van der Waals surface area contributed by atoms with Gasteiger partial charge in [0, 0.05) is 19.0 Å². The minimum absolute atomic E-state index is 0.0340. The van der Waals surface area contributed by atoms with Gasteiger partial charge in [-0.2, -0.15) is 0 Å². The predicted octanol–water partition coefficient (Wildman–Crippen LogP) is 2.75. The lowest BCUT2D eigenvalue weighted by Gasteiger charge is -2.10. The van der Waals surface area contributed by atoms with E-state index in [1.165, 1.54) is 0 Å². The molecule has 0 heterocycles. The van der Waals surface area contributed by atoms with Crippen LogP contribution in [0.2, 0.25) is 0 Å². The van der Waals surface area contributed by atoms with Crippen LogP contribution in [0.4, 0.5) is 0 Å². The van der Waals surface area contributed by atoms with Crippen molar-refractivity contribution in [1.29, 1.82) is 0 Å². The Labute approximate surface area is 153 Å². The van der Waals surface area contributed by atoms with E-state index in [2.05, 4.69) is 10.6 Å². The molecule has 0 bridgehead atoms. The minimum atomic E-state index is -0.242. The molecule has 0 aliphatic rings. The Morgan fingerprint density at radius 3 is 2.08 bits per heavy atom. The summed E-state index contributed by atoms with van der Waals surface area (Å²) in [5.41, 5.74) is 0. The van der Waals surface area contributed by atoms with Gasteiger partial charge in [-0.25, -0.2) is 0 Å². The lowest BCUT2D eigenvalue weighted by molar-refractivity contribution is -0.125. The van der Waals surface area contributed by atoms with Crippen LogP contribution in [-0.2, 0) is 9.59 Å². The summed E-state index contributed by atoms with van der Waals surface area (Å²) in [6.45, 7) is 4.31. The molecule has 6 nitrogen and oxygen atoms in total. The third kappa shape index (κ3) is 6.84. The van der Waals surface area contributed by atoms with Crippen LogP contribution in [0, 0.1) is 5.92 Å². The Bertz CT molecular complexity index is 700. The average Bonchev–Trinajstić information content (AvgIpc) is 2.65. The summed E-state index contributed by atoms with van der Waals surface area (Å²) in [5, 5.41) is 5.42. The first-order chi connectivity index (χ1) is 12.5. The maximum absolute atomic E-state index is 11.7. The van der Waals surface area contributed by atoms with Crippen molar-refractivity contribution in [2.24, 2.45) is 5.92 Å². The van der Waals surface area contributed by atoms with E-state index in [1.54, 1.807) is 24.3 Å². The molecule has 2 aromatic carbocycles. The van der Waals surface area contributed by atoms with Gasteiger partial charge in [0.05, 0.1) is 0 Å². The van der Waals surface area contributed by atoms with Crippen molar-refractivity contribution in [1.82, 2.24) is 10.6 Å². The molecule has 0 atom stereocenters. The van der Waals surface area contributed by atoms with E-state index < -0.39 is 0 Å². The van der Waals surface area contributed by atoms with Crippen LogP contribution in [0.25, 0.3) is 0 Å². The van der Waals surface area contributed by atoms with E-state index in [4.69, 9.17) is 9.47 Å². The Kier molecular flexibility index (Phi) is 7.49. The zero-order valence-electron chi connectivity index (χ0n) is 15.0. The highest BCUT2D eigenvalue weighted by Gasteiger charge is 2.06. The molecule has 0 radical (unpaired) electrons. The van der Waals surface area contributed by atoms with Gasteiger partial charge < -0.3 is 20.1 Å². The molecule has 138 valence electrons. The van der Waals surface area contributed by atoms with E-state index in [9.17, 15) is 9.59 Å². The number of hydrogen-bond acceptors (Lipinski definition) is 4. The van der Waals surface area contributed by atoms with Crippen LogP contribution in [0.1, 0.15) is 13.8 Å². The van der Waals surface area contributed by atoms with Crippen molar-refractivity contribution >= 4 is 11.8 Å². The fraction of sp³-hybridized carbons (Fsp3) is 0.300. The van der Waals surface area contributed by atoms with Gasteiger partial charge in [-0.3, -0.25) is 9.59 Å². The number of hydrogen-bond donors (Lipinski definition) is 2.